The molecule has 0 radical (unpaired) electrons. The van der Waals surface area contributed by atoms with Gasteiger partial charge in [0.05, 0.1) is 5.69 Å². The summed E-state index contributed by atoms with van der Waals surface area (Å²) in [7, 11) is 0. The maximum Gasteiger partial charge on any atom is 0.130 e. The quantitative estimate of drug-likeness (QED) is 0.918. The van der Waals surface area contributed by atoms with Gasteiger partial charge in [0.1, 0.15) is 18.2 Å². The normalized spacial score (nSPS) is 12.2. The van der Waals surface area contributed by atoms with Crippen LogP contribution in [0.5, 0.6) is 5.75 Å². The number of nitrogens with two attached hydrogens (primary N) is 1. The van der Waals surface area contributed by atoms with E-state index < -0.39 is 0 Å². The summed E-state index contributed by atoms with van der Waals surface area (Å²) in [5.74, 6) is 0.287. The van der Waals surface area contributed by atoms with E-state index in [2.05, 4.69) is 4.98 Å². The third-order valence-corrected chi connectivity index (χ3v) is 2.94. The number of rotatable bonds is 4. The summed E-state index contributed by atoms with van der Waals surface area (Å²) in [6.07, 6.45) is 1.73. The Kier molecular flexibility index (Phi) is 4.12. The first-order chi connectivity index (χ1) is 9.08. The zero-order valence-corrected chi connectivity index (χ0v) is 11.1. The molecule has 1 heterocycles. The summed E-state index contributed by atoms with van der Waals surface area (Å²) < 4.78 is 18.9. The zero-order chi connectivity index (χ0) is 13.8. The molecule has 0 fully saturated rings. The Morgan fingerprint density at radius 3 is 2.84 bits per heavy atom. The molecule has 100 valence electrons. The van der Waals surface area contributed by atoms with Crippen LogP contribution >= 0.6 is 0 Å². The van der Waals surface area contributed by atoms with Crippen LogP contribution in [0, 0.1) is 12.7 Å². The molecule has 1 aromatic carbocycles. The minimum Gasteiger partial charge on any atom is -0.487 e. The van der Waals surface area contributed by atoms with Crippen LogP contribution in [0.2, 0.25) is 0 Å². The summed E-state index contributed by atoms with van der Waals surface area (Å²) in [5, 5.41) is 0. The van der Waals surface area contributed by atoms with E-state index in [1.165, 1.54) is 12.1 Å². The highest BCUT2D eigenvalue weighted by Gasteiger charge is 2.10. The van der Waals surface area contributed by atoms with Gasteiger partial charge in [0.2, 0.25) is 0 Å². The summed E-state index contributed by atoms with van der Waals surface area (Å²) in [6.45, 7) is 4.12. The van der Waals surface area contributed by atoms with Crippen LogP contribution in [0.15, 0.2) is 36.5 Å². The largest absolute Gasteiger partial charge is 0.487 e. The number of benzene rings is 1. The molecule has 0 amide bonds. The molecule has 2 aromatic rings. The predicted molar refractivity (Wildman–Crippen MR) is 72.3 cm³/mol. The van der Waals surface area contributed by atoms with Crippen molar-refractivity contribution in [2.24, 2.45) is 5.73 Å². The zero-order valence-electron chi connectivity index (χ0n) is 11.1. The van der Waals surface area contributed by atoms with Gasteiger partial charge in [0.15, 0.2) is 0 Å². The molecule has 1 atom stereocenters. The van der Waals surface area contributed by atoms with Crippen LogP contribution in [-0.4, -0.2) is 4.98 Å². The molecule has 0 aliphatic rings. The van der Waals surface area contributed by atoms with Crippen molar-refractivity contribution in [2.45, 2.75) is 26.5 Å². The van der Waals surface area contributed by atoms with Gasteiger partial charge in [-0.3, -0.25) is 4.98 Å². The average molecular weight is 260 g/mol. The van der Waals surface area contributed by atoms with Gasteiger partial charge in [-0.05, 0) is 43.7 Å². The Morgan fingerprint density at radius 2 is 2.16 bits per heavy atom. The topological polar surface area (TPSA) is 48.1 Å². The second-order valence-corrected chi connectivity index (χ2v) is 4.53. The first-order valence-corrected chi connectivity index (χ1v) is 6.16. The number of ether oxygens (including phenoxy) is 1. The number of hydrogen-bond donors (Lipinski definition) is 1. The van der Waals surface area contributed by atoms with Gasteiger partial charge in [-0.25, -0.2) is 4.39 Å². The lowest BCUT2D eigenvalue weighted by atomic mass is 10.1. The van der Waals surface area contributed by atoms with E-state index in [0.717, 1.165) is 11.3 Å². The first kappa shape index (κ1) is 13.5. The minimum absolute atomic E-state index is 0.282. The fraction of sp³-hybridized carbons (Fsp3) is 0.267. The third-order valence-electron chi connectivity index (χ3n) is 2.94. The molecule has 0 aliphatic carbocycles. The van der Waals surface area contributed by atoms with E-state index >= 15 is 0 Å². The molecular formula is C15H17FN2O. The Labute approximate surface area is 112 Å². The number of halogens is 1. The standard InChI is InChI=1S/C15H17FN2O/c1-10-4-3-7-18-14(10)9-19-15-6-5-12(16)8-13(15)11(2)17/h3-8,11H,9,17H2,1-2H3/t11-/m1/s1. The molecular weight excluding hydrogens is 243 g/mol. The third kappa shape index (κ3) is 3.29. The second-order valence-electron chi connectivity index (χ2n) is 4.53. The lowest BCUT2D eigenvalue weighted by molar-refractivity contribution is 0.295. The highest BCUT2D eigenvalue weighted by Crippen LogP contribution is 2.25. The van der Waals surface area contributed by atoms with Crippen molar-refractivity contribution >= 4 is 0 Å². The fourth-order valence-electron chi connectivity index (χ4n) is 1.82. The van der Waals surface area contributed by atoms with E-state index in [0.29, 0.717) is 17.9 Å². The number of nitrogens with zero attached hydrogens (tertiary/aromatic N) is 1. The van der Waals surface area contributed by atoms with E-state index in [9.17, 15) is 4.39 Å². The number of hydrogen-bond acceptors (Lipinski definition) is 3. The van der Waals surface area contributed by atoms with Crippen molar-refractivity contribution in [1.82, 2.24) is 4.98 Å². The van der Waals surface area contributed by atoms with E-state index in [1.807, 2.05) is 19.1 Å². The van der Waals surface area contributed by atoms with Gasteiger partial charge in [-0.1, -0.05) is 6.07 Å². The molecule has 2 N–H and O–H groups in total. The average Bonchev–Trinajstić information content (AvgIpc) is 2.38. The molecule has 2 rings (SSSR count). The lowest BCUT2D eigenvalue weighted by Gasteiger charge is -2.14. The van der Waals surface area contributed by atoms with Gasteiger partial charge >= 0.3 is 0 Å². The monoisotopic (exact) mass is 260 g/mol. The maximum absolute atomic E-state index is 13.2. The smallest absolute Gasteiger partial charge is 0.130 e. The molecule has 0 spiro atoms. The number of aryl methyl sites for hydroxylation is 1. The van der Waals surface area contributed by atoms with Crippen molar-refractivity contribution < 1.29 is 9.13 Å². The Hall–Kier alpha value is -1.94. The highest BCUT2D eigenvalue weighted by atomic mass is 19.1. The molecule has 0 saturated carbocycles. The predicted octanol–water partition coefficient (Wildman–Crippen LogP) is 3.13. The second kappa shape index (κ2) is 5.80. The molecule has 3 nitrogen and oxygen atoms in total. The van der Waals surface area contributed by atoms with Gasteiger partial charge in [0, 0.05) is 17.8 Å². The molecule has 19 heavy (non-hydrogen) atoms. The van der Waals surface area contributed by atoms with Crippen LogP contribution in [0.1, 0.15) is 29.8 Å². The fourth-order valence-corrected chi connectivity index (χ4v) is 1.82. The van der Waals surface area contributed by atoms with Crippen LogP contribution in [0.25, 0.3) is 0 Å². The summed E-state index contributed by atoms with van der Waals surface area (Å²) in [5.41, 5.74) is 8.41. The van der Waals surface area contributed by atoms with E-state index in [4.69, 9.17) is 10.5 Å². The molecule has 0 saturated heterocycles. The minimum atomic E-state index is -0.311. The van der Waals surface area contributed by atoms with Crippen molar-refractivity contribution in [3.05, 3.63) is 59.2 Å². The van der Waals surface area contributed by atoms with Crippen molar-refractivity contribution in [1.29, 1.82) is 0 Å². The van der Waals surface area contributed by atoms with Crippen LogP contribution in [-0.2, 0) is 6.61 Å². The van der Waals surface area contributed by atoms with Crippen molar-refractivity contribution in [2.75, 3.05) is 0 Å². The number of aromatic nitrogens is 1. The van der Waals surface area contributed by atoms with Gasteiger partial charge in [-0.2, -0.15) is 0 Å². The first-order valence-electron chi connectivity index (χ1n) is 6.16. The lowest BCUT2D eigenvalue weighted by Crippen LogP contribution is -2.09. The Balaban J connectivity index is 2.18. The SMILES string of the molecule is Cc1cccnc1COc1ccc(F)cc1[C@@H](C)N. The maximum atomic E-state index is 13.2. The van der Waals surface area contributed by atoms with E-state index in [1.54, 1.807) is 19.2 Å². The number of pyridine rings is 1. The Morgan fingerprint density at radius 1 is 1.37 bits per heavy atom. The van der Waals surface area contributed by atoms with Crippen LogP contribution in [0.4, 0.5) is 4.39 Å². The van der Waals surface area contributed by atoms with E-state index in [-0.39, 0.29) is 11.9 Å². The molecule has 0 aliphatic heterocycles. The van der Waals surface area contributed by atoms with Gasteiger partial charge in [-0.15, -0.1) is 0 Å². The summed E-state index contributed by atoms with van der Waals surface area (Å²) >= 11 is 0. The van der Waals surface area contributed by atoms with Gasteiger partial charge < -0.3 is 10.5 Å². The molecule has 0 unspecified atom stereocenters. The summed E-state index contributed by atoms with van der Waals surface area (Å²) in [4.78, 5) is 4.26. The van der Waals surface area contributed by atoms with Crippen LogP contribution < -0.4 is 10.5 Å². The van der Waals surface area contributed by atoms with Crippen molar-refractivity contribution in [3.8, 4) is 5.75 Å². The molecule has 1 aromatic heterocycles. The van der Waals surface area contributed by atoms with Crippen molar-refractivity contribution in [3.63, 3.8) is 0 Å². The molecule has 4 heteroatoms. The van der Waals surface area contributed by atoms with Crippen LogP contribution in [0.3, 0.4) is 0 Å². The molecule has 0 bridgehead atoms. The highest BCUT2D eigenvalue weighted by molar-refractivity contribution is 5.36. The van der Waals surface area contributed by atoms with Gasteiger partial charge in [0.25, 0.3) is 0 Å². The summed E-state index contributed by atoms with van der Waals surface area (Å²) in [6, 6.07) is 7.95. The Bertz CT molecular complexity index is 570.